The predicted octanol–water partition coefficient (Wildman–Crippen LogP) is 4.91. The first-order valence-corrected chi connectivity index (χ1v) is 10.1. The second kappa shape index (κ2) is 8.42. The van der Waals surface area contributed by atoms with Crippen molar-refractivity contribution >= 4 is 0 Å². The van der Waals surface area contributed by atoms with Gasteiger partial charge in [-0.05, 0) is 50.9 Å². The van der Waals surface area contributed by atoms with Crippen LogP contribution in [0.2, 0.25) is 0 Å². The Bertz CT molecular complexity index is 896. The summed E-state index contributed by atoms with van der Waals surface area (Å²) >= 11 is 0. The molecule has 4 heterocycles. The highest BCUT2D eigenvalue weighted by Gasteiger charge is 2.41. The number of aromatic nitrogens is 3. The van der Waals surface area contributed by atoms with Crippen LogP contribution in [0.4, 0.5) is 26.3 Å². The van der Waals surface area contributed by atoms with Crippen molar-refractivity contribution < 1.29 is 31.1 Å². The van der Waals surface area contributed by atoms with Gasteiger partial charge in [0, 0.05) is 31.1 Å². The van der Waals surface area contributed by atoms with Crippen LogP contribution in [0.25, 0.3) is 5.82 Å². The van der Waals surface area contributed by atoms with Crippen LogP contribution in [0.3, 0.4) is 0 Å². The first-order valence-electron chi connectivity index (χ1n) is 10.1. The van der Waals surface area contributed by atoms with Crippen LogP contribution in [-0.4, -0.2) is 45.5 Å². The molecule has 0 N–H and O–H groups in total. The average Bonchev–Trinajstić information content (AvgIpc) is 3.37. The summed E-state index contributed by atoms with van der Waals surface area (Å²) in [4.78, 5) is 5.93. The molecule has 0 saturated carbocycles. The number of rotatable bonds is 4. The van der Waals surface area contributed by atoms with Crippen LogP contribution in [0, 0.1) is 5.92 Å². The van der Waals surface area contributed by atoms with Crippen molar-refractivity contribution in [3.05, 3.63) is 41.3 Å². The summed E-state index contributed by atoms with van der Waals surface area (Å²) in [6.45, 7) is 1.51. The molecule has 170 valence electrons. The maximum Gasteiger partial charge on any atom is 0.416 e. The number of hydrogen-bond donors (Lipinski definition) is 0. The Morgan fingerprint density at radius 1 is 1.06 bits per heavy atom. The Labute approximate surface area is 175 Å². The third kappa shape index (κ3) is 5.03. The van der Waals surface area contributed by atoms with Crippen LogP contribution in [-0.2, 0) is 17.5 Å². The van der Waals surface area contributed by atoms with Crippen LogP contribution >= 0.6 is 0 Å². The van der Waals surface area contributed by atoms with Crippen molar-refractivity contribution in [1.82, 2.24) is 19.7 Å². The second-order valence-corrected chi connectivity index (χ2v) is 7.98. The molecule has 4 rings (SSSR count). The van der Waals surface area contributed by atoms with E-state index in [-0.39, 0.29) is 24.8 Å². The van der Waals surface area contributed by atoms with Gasteiger partial charge in [0.1, 0.15) is 6.10 Å². The standard InChI is InChI=1S/C20H22F6N4O/c21-19(22,23)14-4-7-29(8-5-14)11-13-12-30(28-18(13)16-2-1-9-31-16)17-10-15(3-6-27-17)20(24,25)26/h3,6,10,12,14,16H,1-2,4-5,7-9,11H2. The molecule has 0 radical (unpaired) electrons. The van der Waals surface area contributed by atoms with Gasteiger partial charge in [-0.25, -0.2) is 9.67 Å². The minimum atomic E-state index is -4.51. The Morgan fingerprint density at radius 2 is 1.81 bits per heavy atom. The molecule has 1 unspecified atom stereocenters. The SMILES string of the molecule is FC(F)(F)c1ccnc(-n2cc(CN3CCC(C(F)(F)F)CC3)c(C3CCCO3)n2)c1. The highest BCUT2D eigenvalue weighted by molar-refractivity contribution is 5.32. The predicted molar refractivity (Wildman–Crippen MR) is 98.3 cm³/mol. The van der Waals surface area contributed by atoms with Crippen LogP contribution in [0.5, 0.6) is 0 Å². The molecule has 1 atom stereocenters. The molecule has 0 amide bonds. The summed E-state index contributed by atoms with van der Waals surface area (Å²) in [5.41, 5.74) is 0.508. The fourth-order valence-electron chi connectivity index (χ4n) is 4.11. The third-order valence-corrected chi connectivity index (χ3v) is 5.81. The lowest BCUT2D eigenvalue weighted by Gasteiger charge is -2.32. The second-order valence-electron chi connectivity index (χ2n) is 7.98. The number of piperidine rings is 1. The summed E-state index contributed by atoms with van der Waals surface area (Å²) in [6.07, 6.45) is -4.66. The van der Waals surface area contributed by atoms with Gasteiger partial charge in [-0.1, -0.05) is 0 Å². The topological polar surface area (TPSA) is 43.2 Å². The fraction of sp³-hybridized carbons (Fsp3) is 0.600. The van der Waals surface area contributed by atoms with Crippen molar-refractivity contribution in [2.45, 2.75) is 50.7 Å². The van der Waals surface area contributed by atoms with E-state index in [9.17, 15) is 26.3 Å². The molecule has 2 aromatic rings. The zero-order valence-corrected chi connectivity index (χ0v) is 16.6. The van der Waals surface area contributed by atoms with Gasteiger partial charge in [0.2, 0.25) is 0 Å². The summed E-state index contributed by atoms with van der Waals surface area (Å²) < 4.78 is 85.0. The van der Waals surface area contributed by atoms with E-state index in [0.717, 1.165) is 36.7 Å². The fourth-order valence-corrected chi connectivity index (χ4v) is 4.11. The average molecular weight is 448 g/mol. The van der Waals surface area contributed by atoms with Gasteiger partial charge >= 0.3 is 12.4 Å². The Hall–Kier alpha value is -2.14. The lowest BCUT2D eigenvalue weighted by atomic mass is 9.96. The number of hydrogen-bond acceptors (Lipinski definition) is 4. The molecule has 11 heteroatoms. The molecule has 2 saturated heterocycles. The normalized spacial score (nSPS) is 21.7. The van der Waals surface area contributed by atoms with Gasteiger partial charge in [0.25, 0.3) is 0 Å². The minimum absolute atomic E-state index is 0.0242. The Morgan fingerprint density at radius 3 is 2.42 bits per heavy atom. The molecule has 2 fully saturated rings. The molecular weight excluding hydrogens is 426 g/mol. The summed E-state index contributed by atoms with van der Waals surface area (Å²) in [6, 6.07) is 1.81. The third-order valence-electron chi connectivity index (χ3n) is 5.81. The van der Waals surface area contributed by atoms with Crippen molar-refractivity contribution in [3.63, 3.8) is 0 Å². The first kappa shape index (κ1) is 22.1. The Kier molecular flexibility index (Phi) is 5.99. The number of nitrogens with zero attached hydrogens (tertiary/aromatic N) is 4. The molecule has 0 spiro atoms. The molecule has 2 aliphatic heterocycles. The number of likely N-dealkylation sites (tertiary alicyclic amines) is 1. The van der Waals surface area contributed by atoms with Crippen molar-refractivity contribution in [2.24, 2.45) is 5.92 Å². The summed E-state index contributed by atoms with van der Waals surface area (Å²) in [5, 5.41) is 4.46. The van der Waals surface area contributed by atoms with Crippen LogP contribution in [0.1, 0.15) is 48.6 Å². The molecular formula is C20H22F6N4O. The maximum absolute atomic E-state index is 13.1. The zero-order chi connectivity index (χ0) is 22.2. The molecule has 0 aliphatic carbocycles. The number of halogens is 6. The van der Waals surface area contributed by atoms with Crippen molar-refractivity contribution in [3.8, 4) is 5.82 Å². The van der Waals surface area contributed by atoms with Gasteiger partial charge in [0.05, 0.1) is 17.2 Å². The van der Waals surface area contributed by atoms with E-state index < -0.39 is 23.8 Å². The van der Waals surface area contributed by atoms with E-state index >= 15 is 0 Å². The molecule has 0 aromatic carbocycles. The van der Waals surface area contributed by atoms with Crippen molar-refractivity contribution in [1.29, 1.82) is 0 Å². The highest BCUT2D eigenvalue weighted by atomic mass is 19.4. The van der Waals surface area contributed by atoms with Gasteiger partial charge < -0.3 is 4.74 Å². The van der Waals surface area contributed by atoms with Crippen LogP contribution in [0.15, 0.2) is 24.5 Å². The molecule has 2 aromatic heterocycles. The zero-order valence-electron chi connectivity index (χ0n) is 16.6. The lowest BCUT2D eigenvalue weighted by molar-refractivity contribution is -0.185. The van der Waals surface area contributed by atoms with E-state index in [0.29, 0.717) is 31.9 Å². The van der Waals surface area contributed by atoms with E-state index in [1.165, 1.54) is 4.68 Å². The highest BCUT2D eigenvalue weighted by Crippen LogP contribution is 2.36. The lowest BCUT2D eigenvalue weighted by Crippen LogP contribution is -2.38. The summed E-state index contributed by atoms with van der Waals surface area (Å²) in [5.74, 6) is -1.27. The monoisotopic (exact) mass is 448 g/mol. The number of alkyl halides is 6. The van der Waals surface area contributed by atoms with Crippen molar-refractivity contribution in [2.75, 3.05) is 19.7 Å². The van der Waals surface area contributed by atoms with Gasteiger partial charge in [-0.3, -0.25) is 4.90 Å². The minimum Gasteiger partial charge on any atom is -0.372 e. The van der Waals surface area contributed by atoms with Gasteiger partial charge in [0.15, 0.2) is 5.82 Å². The largest absolute Gasteiger partial charge is 0.416 e. The van der Waals surface area contributed by atoms with E-state index in [1.807, 2.05) is 4.90 Å². The molecule has 2 aliphatic rings. The number of ether oxygens (including phenoxy) is 1. The quantitative estimate of drug-likeness (QED) is 0.624. The van der Waals surface area contributed by atoms with E-state index in [4.69, 9.17) is 4.74 Å². The first-order chi connectivity index (χ1) is 14.6. The Balaban J connectivity index is 1.57. The number of pyridine rings is 1. The van der Waals surface area contributed by atoms with E-state index in [1.54, 1.807) is 6.20 Å². The molecule has 31 heavy (non-hydrogen) atoms. The smallest absolute Gasteiger partial charge is 0.372 e. The molecule has 5 nitrogen and oxygen atoms in total. The summed E-state index contributed by atoms with van der Waals surface area (Å²) in [7, 11) is 0. The molecule has 0 bridgehead atoms. The van der Waals surface area contributed by atoms with Gasteiger partial charge in [-0.2, -0.15) is 31.4 Å². The van der Waals surface area contributed by atoms with Crippen LogP contribution < -0.4 is 0 Å². The van der Waals surface area contributed by atoms with E-state index in [2.05, 4.69) is 10.1 Å². The maximum atomic E-state index is 13.1. The van der Waals surface area contributed by atoms with Gasteiger partial charge in [-0.15, -0.1) is 0 Å².